The fraction of sp³-hybridized carbons (Fsp3) is 0.240. The predicted octanol–water partition coefficient (Wildman–Crippen LogP) is 5.29. The van der Waals surface area contributed by atoms with Crippen LogP contribution in [0, 0.1) is 0 Å². The molecular weight excluding hydrogens is 392 g/mol. The molecule has 31 heavy (non-hydrogen) atoms. The van der Waals surface area contributed by atoms with Crippen molar-refractivity contribution in [2.75, 3.05) is 0 Å². The van der Waals surface area contributed by atoms with Gasteiger partial charge in [0.2, 0.25) is 0 Å². The lowest BCUT2D eigenvalue weighted by molar-refractivity contribution is -0.215. The second kappa shape index (κ2) is 10.9. The van der Waals surface area contributed by atoms with Crippen LogP contribution >= 0.6 is 0 Å². The van der Waals surface area contributed by atoms with Crippen molar-refractivity contribution in [3.63, 3.8) is 0 Å². The molecule has 0 saturated heterocycles. The van der Waals surface area contributed by atoms with E-state index in [0.717, 1.165) is 18.4 Å². The lowest BCUT2D eigenvalue weighted by Crippen LogP contribution is -2.46. The zero-order valence-electron chi connectivity index (χ0n) is 17.5. The van der Waals surface area contributed by atoms with Crippen molar-refractivity contribution in [1.82, 2.24) is 4.98 Å². The van der Waals surface area contributed by atoms with Gasteiger partial charge in [-0.1, -0.05) is 73.5 Å². The van der Waals surface area contributed by atoms with E-state index in [4.69, 9.17) is 9.57 Å². The van der Waals surface area contributed by atoms with Gasteiger partial charge in [-0.05, 0) is 30.7 Å². The molecule has 0 aliphatic carbocycles. The number of hydrogen-bond donors (Lipinski definition) is 1. The Morgan fingerprint density at radius 2 is 1.65 bits per heavy atom. The van der Waals surface area contributed by atoms with Crippen molar-refractivity contribution in [3.8, 4) is 5.75 Å². The quantitative estimate of drug-likeness (QED) is 0.198. The van der Waals surface area contributed by atoms with Crippen molar-refractivity contribution >= 4 is 11.7 Å². The Hall–Kier alpha value is -3.67. The molecular formula is C25H26N2O4. The molecule has 6 nitrogen and oxygen atoms in total. The number of para-hydroxylation sites is 1. The summed E-state index contributed by atoms with van der Waals surface area (Å²) in [7, 11) is 0. The number of carbonyl (C=O) groups is 1. The van der Waals surface area contributed by atoms with E-state index in [-0.39, 0.29) is 6.42 Å². The predicted molar refractivity (Wildman–Crippen MR) is 119 cm³/mol. The molecule has 160 valence electrons. The highest BCUT2D eigenvalue weighted by molar-refractivity contribution is 6.12. The molecule has 6 heteroatoms. The average Bonchev–Trinajstić information content (AvgIpc) is 2.81. The van der Waals surface area contributed by atoms with E-state index in [2.05, 4.69) is 17.1 Å². The second-order valence-electron chi connectivity index (χ2n) is 7.07. The van der Waals surface area contributed by atoms with Crippen molar-refractivity contribution in [2.45, 2.75) is 38.4 Å². The summed E-state index contributed by atoms with van der Waals surface area (Å²) >= 11 is 0. The van der Waals surface area contributed by atoms with E-state index in [1.807, 2.05) is 42.5 Å². The van der Waals surface area contributed by atoms with Gasteiger partial charge in [-0.15, -0.1) is 0 Å². The molecule has 0 radical (unpaired) electrons. The first kappa shape index (κ1) is 22.0. The minimum Gasteiger partial charge on any atom is -0.475 e. The summed E-state index contributed by atoms with van der Waals surface area (Å²) in [6.07, 6.45) is 5.90. The first-order valence-electron chi connectivity index (χ1n) is 10.3. The molecule has 0 bridgehead atoms. The topological polar surface area (TPSA) is 81.0 Å². The van der Waals surface area contributed by atoms with Gasteiger partial charge >= 0.3 is 11.8 Å². The van der Waals surface area contributed by atoms with Crippen LogP contribution < -0.4 is 4.74 Å². The molecule has 0 fully saturated rings. The van der Waals surface area contributed by atoms with Gasteiger partial charge in [-0.3, -0.25) is 4.98 Å². The Balaban J connectivity index is 2.00. The third-order valence-corrected chi connectivity index (χ3v) is 4.73. The maximum Gasteiger partial charge on any atom is 0.392 e. The molecule has 1 N–H and O–H groups in total. The Labute approximate surface area is 182 Å². The van der Waals surface area contributed by atoms with E-state index in [0.29, 0.717) is 23.4 Å². The largest absolute Gasteiger partial charge is 0.475 e. The summed E-state index contributed by atoms with van der Waals surface area (Å²) in [6, 6.07) is 21.9. The fourth-order valence-electron chi connectivity index (χ4n) is 3.08. The summed E-state index contributed by atoms with van der Waals surface area (Å²) in [6.45, 7) is 2.05. The number of carboxylic acids is 1. The monoisotopic (exact) mass is 418 g/mol. The third kappa shape index (κ3) is 5.92. The van der Waals surface area contributed by atoms with E-state index in [1.54, 1.807) is 42.7 Å². The van der Waals surface area contributed by atoms with Crippen LogP contribution in [0.3, 0.4) is 0 Å². The minimum atomic E-state index is -1.95. The second-order valence-corrected chi connectivity index (χ2v) is 7.07. The highest BCUT2D eigenvalue weighted by Crippen LogP contribution is 2.27. The Morgan fingerprint density at radius 3 is 2.26 bits per heavy atom. The number of aromatic nitrogens is 1. The van der Waals surface area contributed by atoms with Crippen LogP contribution in [-0.4, -0.2) is 27.6 Å². The molecule has 1 atom stereocenters. The van der Waals surface area contributed by atoms with Gasteiger partial charge in [0.1, 0.15) is 11.5 Å². The number of rotatable bonds is 11. The zero-order valence-corrected chi connectivity index (χ0v) is 17.5. The van der Waals surface area contributed by atoms with E-state index in [9.17, 15) is 9.90 Å². The molecule has 0 saturated carbocycles. The summed E-state index contributed by atoms with van der Waals surface area (Å²) in [4.78, 5) is 22.3. The molecule has 0 amide bonds. The van der Waals surface area contributed by atoms with E-state index >= 15 is 0 Å². The number of nitrogens with zero attached hydrogens (tertiary/aromatic N) is 2. The van der Waals surface area contributed by atoms with Gasteiger partial charge in [-0.2, -0.15) is 0 Å². The maximum atomic E-state index is 12.4. The van der Waals surface area contributed by atoms with Gasteiger partial charge in [-0.25, -0.2) is 4.79 Å². The van der Waals surface area contributed by atoms with Crippen molar-refractivity contribution in [3.05, 3.63) is 96.3 Å². The van der Waals surface area contributed by atoms with Gasteiger partial charge in [0, 0.05) is 29.9 Å². The zero-order chi connectivity index (χ0) is 21.9. The summed E-state index contributed by atoms with van der Waals surface area (Å²) < 4.78 is 5.89. The van der Waals surface area contributed by atoms with Crippen LogP contribution in [0.4, 0.5) is 0 Å². The number of aliphatic carboxylic acids is 1. The Bertz CT molecular complexity index is 937. The highest BCUT2D eigenvalue weighted by Gasteiger charge is 2.44. The molecule has 2 aromatic carbocycles. The van der Waals surface area contributed by atoms with Gasteiger partial charge in [0.05, 0.1) is 0 Å². The molecule has 0 aliphatic rings. The first-order chi connectivity index (χ1) is 15.1. The number of hydrogen-bond acceptors (Lipinski definition) is 5. The van der Waals surface area contributed by atoms with Crippen LogP contribution in [0.25, 0.3) is 0 Å². The van der Waals surface area contributed by atoms with E-state index < -0.39 is 11.8 Å². The van der Waals surface area contributed by atoms with Crippen LogP contribution in [0.5, 0.6) is 5.75 Å². The molecule has 3 rings (SSSR count). The lowest BCUT2D eigenvalue weighted by Gasteiger charge is -2.28. The normalized spacial score (nSPS) is 13.3. The third-order valence-electron chi connectivity index (χ3n) is 4.73. The van der Waals surface area contributed by atoms with Crippen LogP contribution in [-0.2, 0) is 9.63 Å². The van der Waals surface area contributed by atoms with Crippen LogP contribution in [0.1, 0.15) is 43.7 Å². The van der Waals surface area contributed by atoms with Crippen molar-refractivity contribution in [1.29, 1.82) is 0 Å². The van der Waals surface area contributed by atoms with Gasteiger partial charge in [0.25, 0.3) is 0 Å². The lowest BCUT2D eigenvalue weighted by atomic mass is 10.0. The highest BCUT2D eigenvalue weighted by atomic mass is 16.8. The average molecular weight is 418 g/mol. The number of oxime groups is 1. The number of benzene rings is 2. The van der Waals surface area contributed by atoms with Gasteiger partial charge in [0.15, 0.2) is 0 Å². The molecule has 1 aromatic heterocycles. The number of ether oxygens (including phenoxy) is 1. The fourth-order valence-corrected chi connectivity index (χ4v) is 3.08. The molecule has 0 aliphatic heterocycles. The first-order valence-corrected chi connectivity index (χ1v) is 10.3. The summed E-state index contributed by atoms with van der Waals surface area (Å²) in [5, 5.41) is 14.4. The molecule has 0 spiro atoms. The summed E-state index contributed by atoms with van der Waals surface area (Å²) in [5.41, 5.74) is 1.97. The van der Waals surface area contributed by atoms with Crippen molar-refractivity contribution in [2.24, 2.45) is 5.16 Å². The van der Waals surface area contributed by atoms with Crippen molar-refractivity contribution < 1.29 is 19.5 Å². The van der Waals surface area contributed by atoms with Crippen LogP contribution in [0.2, 0.25) is 0 Å². The molecule has 1 heterocycles. The number of pyridine rings is 1. The Morgan fingerprint density at radius 1 is 0.968 bits per heavy atom. The van der Waals surface area contributed by atoms with Crippen LogP contribution in [0.15, 0.2) is 90.3 Å². The smallest absolute Gasteiger partial charge is 0.392 e. The Kier molecular flexibility index (Phi) is 7.76. The molecule has 1 unspecified atom stereocenters. The van der Waals surface area contributed by atoms with Gasteiger partial charge < -0.3 is 14.7 Å². The summed E-state index contributed by atoms with van der Waals surface area (Å²) in [5.74, 6) is -2.77. The standard InChI is InChI=1S/C25H26N2O4/c1-2-3-10-17-25(24(28)29,30-22-15-8-5-9-16-22)31-27-23(20-12-6-4-7-13-20)21-14-11-18-26-19-21/h4-9,11-16,18-19H,2-3,10,17H2,1H3,(H,28,29). The molecule has 3 aromatic rings. The number of unbranched alkanes of at least 4 members (excludes halogenated alkanes) is 2. The number of carboxylic acid groups (broad SMARTS) is 1. The minimum absolute atomic E-state index is 0.156. The SMILES string of the molecule is CCCCCC(ON=C(c1ccccc1)c1cccnc1)(Oc1ccccc1)C(=O)O. The van der Waals surface area contributed by atoms with E-state index in [1.165, 1.54) is 0 Å². The maximum absolute atomic E-state index is 12.4.